The Morgan fingerprint density at radius 1 is 0.884 bits per heavy atom. The molecule has 5 aromatic rings. The maximum absolute atomic E-state index is 13.4. The standard InChI is InChI=1S/C32H33FN6O2S2/c1-37-16-18-38(19-17-37)32-35-22-31(42-32)43(40,41)36-20-25-6-2-3-7-27(25)28-8-4-5-9-29(28)30-21-34-23-39(30)15-14-24-10-12-26(33)13-11-24/h2-13,21-23,36H,14-20H2,1H3. The molecule has 3 aromatic carbocycles. The Morgan fingerprint density at radius 2 is 1.58 bits per heavy atom. The minimum atomic E-state index is -3.75. The molecule has 0 aliphatic carbocycles. The average Bonchev–Trinajstić information content (AvgIpc) is 3.72. The van der Waals surface area contributed by atoms with E-state index in [1.807, 2.05) is 48.7 Å². The van der Waals surface area contributed by atoms with E-state index in [4.69, 9.17) is 0 Å². The maximum Gasteiger partial charge on any atom is 0.252 e. The van der Waals surface area contributed by atoms with Crippen LogP contribution in [-0.4, -0.2) is 61.1 Å². The fourth-order valence-corrected chi connectivity index (χ4v) is 7.49. The number of sulfonamides is 1. The lowest BCUT2D eigenvalue weighted by Crippen LogP contribution is -2.44. The van der Waals surface area contributed by atoms with Gasteiger partial charge in [-0.3, -0.25) is 0 Å². The Hall–Kier alpha value is -3.90. The average molecular weight is 617 g/mol. The number of anilines is 1. The maximum atomic E-state index is 13.4. The minimum Gasteiger partial charge on any atom is -0.345 e. The molecule has 0 radical (unpaired) electrons. The van der Waals surface area contributed by atoms with Gasteiger partial charge in [0.1, 0.15) is 5.82 Å². The van der Waals surface area contributed by atoms with E-state index in [2.05, 4.69) is 42.2 Å². The highest BCUT2D eigenvalue weighted by Gasteiger charge is 2.23. The smallest absolute Gasteiger partial charge is 0.252 e. The van der Waals surface area contributed by atoms with Crippen molar-refractivity contribution < 1.29 is 12.8 Å². The number of imidazole rings is 1. The molecule has 0 amide bonds. The van der Waals surface area contributed by atoms with E-state index in [0.717, 1.165) is 71.2 Å². The van der Waals surface area contributed by atoms with Crippen molar-refractivity contribution in [3.8, 4) is 22.4 Å². The van der Waals surface area contributed by atoms with E-state index >= 15 is 0 Å². The summed E-state index contributed by atoms with van der Waals surface area (Å²) in [6.45, 7) is 4.32. The van der Waals surface area contributed by atoms with Crippen molar-refractivity contribution in [1.29, 1.82) is 0 Å². The van der Waals surface area contributed by atoms with Crippen LogP contribution in [0, 0.1) is 5.82 Å². The summed E-state index contributed by atoms with van der Waals surface area (Å²) in [6.07, 6.45) is 5.84. The van der Waals surface area contributed by atoms with Gasteiger partial charge in [0.2, 0.25) is 0 Å². The summed E-state index contributed by atoms with van der Waals surface area (Å²) >= 11 is 1.21. The zero-order valence-electron chi connectivity index (χ0n) is 23.9. The molecular formula is C32H33FN6O2S2. The highest BCUT2D eigenvalue weighted by molar-refractivity contribution is 7.91. The quantitative estimate of drug-likeness (QED) is 0.230. The molecule has 11 heteroatoms. The van der Waals surface area contributed by atoms with Gasteiger partial charge < -0.3 is 14.4 Å². The first-order valence-corrected chi connectivity index (χ1v) is 16.5. The first-order chi connectivity index (χ1) is 20.9. The molecule has 0 atom stereocenters. The van der Waals surface area contributed by atoms with E-state index < -0.39 is 10.0 Å². The number of nitrogens with zero attached hydrogens (tertiary/aromatic N) is 5. The van der Waals surface area contributed by atoms with Gasteiger partial charge in [0.05, 0.1) is 24.4 Å². The van der Waals surface area contributed by atoms with E-state index in [-0.39, 0.29) is 16.6 Å². The Bertz CT molecular complexity index is 1790. The summed E-state index contributed by atoms with van der Waals surface area (Å²) in [4.78, 5) is 13.2. The molecule has 1 aliphatic rings. The zero-order chi connectivity index (χ0) is 29.8. The van der Waals surface area contributed by atoms with Crippen LogP contribution in [0.25, 0.3) is 22.4 Å². The molecule has 8 nitrogen and oxygen atoms in total. The second-order valence-corrected chi connectivity index (χ2v) is 13.6. The lowest BCUT2D eigenvalue weighted by molar-refractivity contribution is 0.313. The lowest BCUT2D eigenvalue weighted by atomic mass is 9.94. The molecule has 6 rings (SSSR count). The Morgan fingerprint density at radius 3 is 2.35 bits per heavy atom. The number of benzene rings is 3. The van der Waals surface area contributed by atoms with Gasteiger partial charge in [-0.1, -0.05) is 72.0 Å². The summed E-state index contributed by atoms with van der Waals surface area (Å²) in [5.74, 6) is -0.246. The van der Waals surface area contributed by atoms with Crippen LogP contribution in [0.5, 0.6) is 0 Å². The van der Waals surface area contributed by atoms with Crippen molar-refractivity contribution in [3.05, 3.63) is 108 Å². The van der Waals surface area contributed by atoms with E-state index in [0.29, 0.717) is 6.54 Å². The molecule has 43 heavy (non-hydrogen) atoms. The van der Waals surface area contributed by atoms with Gasteiger partial charge in [0, 0.05) is 44.8 Å². The van der Waals surface area contributed by atoms with Gasteiger partial charge in [-0.2, -0.15) is 0 Å². The summed E-state index contributed by atoms with van der Waals surface area (Å²) in [7, 11) is -1.67. The van der Waals surface area contributed by atoms with Gasteiger partial charge in [-0.25, -0.2) is 27.5 Å². The molecule has 2 aromatic heterocycles. The summed E-state index contributed by atoms with van der Waals surface area (Å²) < 4.78 is 45.1. The van der Waals surface area contributed by atoms with Crippen LogP contribution in [0.1, 0.15) is 11.1 Å². The molecule has 0 spiro atoms. The highest BCUT2D eigenvalue weighted by Crippen LogP contribution is 2.34. The number of hydrogen-bond donors (Lipinski definition) is 1. The van der Waals surface area contributed by atoms with Crippen LogP contribution in [0.4, 0.5) is 9.52 Å². The van der Waals surface area contributed by atoms with Crippen molar-refractivity contribution >= 4 is 26.5 Å². The van der Waals surface area contributed by atoms with Crippen molar-refractivity contribution in [2.45, 2.75) is 23.7 Å². The second-order valence-electron chi connectivity index (χ2n) is 10.6. The zero-order valence-corrected chi connectivity index (χ0v) is 25.5. The van der Waals surface area contributed by atoms with Crippen molar-refractivity contribution in [2.75, 3.05) is 38.1 Å². The number of rotatable bonds is 10. The Labute approximate surface area is 255 Å². The number of likely N-dealkylation sites (N-methyl/N-ethyl adjacent to an activating group) is 1. The van der Waals surface area contributed by atoms with Crippen LogP contribution in [0.3, 0.4) is 0 Å². The van der Waals surface area contributed by atoms with Crippen molar-refractivity contribution in [2.24, 2.45) is 0 Å². The first-order valence-electron chi connectivity index (χ1n) is 14.2. The summed E-state index contributed by atoms with van der Waals surface area (Å²) in [5, 5.41) is 0.735. The van der Waals surface area contributed by atoms with Crippen LogP contribution in [0.15, 0.2) is 95.7 Å². The van der Waals surface area contributed by atoms with Crippen LogP contribution in [-0.2, 0) is 29.5 Å². The van der Waals surface area contributed by atoms with Crippen LogP contribution >= 0.6 is 11.3 Å². The number of hydrogen-bond acceptors (Lipinski definition) is 7. The number of thiazole rings is 1. The van der Waals surface area contributed by atoms with Gasteiger partial charge in [-0.05, 0) is 47.9 Å². The number of nitrogens with one attached hydrogen (secondary N) is 1. The molecule has 1 saturated heterocycles. The predicted octanol–water partition coefficient (Wildman–Crippen LogP) is 5.29. The molecule has 1 N–H and O–H groups in total. The minimum absolute atomic E-state index is 0.137. The number of aryl methyl sites for hydroxylation is 2. The van der Waals surface area contributed by atoms with Gasteiger partial charge >= 0.3 is 0 Å². The predicted molar refractivity (Wildman–Crippen MR) is 169 cm³/mol. The monoisotopic (exact) mass is 616 g/mol. The molecule has 0 unspecified atom stereocenters. The molecule has 1 fully saturated rings. The third-order valence-corrected chi connectivity index (χ3v) is 10.7. The van der Waals surface area contributed by atoms with Crippen molar-refractivity contribution in [3.63, 3.8) is 0 Å². The molecular weight excluding hydrogens is 584 g/mol. The molecule has 0 bridgehead atoms. The Balaban J connectivity index is 1.21. The highest BCUT2D eigenvalue weighted by atomic mass is 32.2. The summed E-state index contributed by atoms with van der Waals surface area (Å²) in [5.41, 5.74) is 5.77. The number of halogens is 1. The van der Waals surface area contributed by atoms with Gasteiger partial charge in [0.15, 0.2) is 9.34 Å². The fourth-order valence-electron chi connectivity index (χ4n) is 5.27. The lowest BCUT2D eigenvalue weighted by Gasteiger charge is -2.31. The van der Waals surface area contributed by atoms with Crippen LogP contribution < -0.4 is 9.62 Å². The largest absolute Gasteiger partial charge is 0.345 e. The second kappa shape index (κ2) is 12.8. The van der Waals surface area contributed by atoms with Gasteiger partial charge in [0.25, 0.3) is 10.0 Å². The van der Waals surface area contributed by atoms with E-state index in [1.54, 1.807) is 18.5 Å². The summed E-state index contributed by atoms with van der Waals surface area (Å²) in [6, 6.07) is 22.5. The molecule has 1 aliphatic heterocycles. The van der Waals surface area contributed by atoms with Crippen LogP contribution in [0.2, 0.25) is 0 Å². The SMILES string of the molecule is CN1CCN(c2ncc(S(=O)(=O)NCc3ccccc3-c3ccccc3-c3cncn3CCc3ccc(F)cc3)s2)CC1. The van der Waals surface area contributed by atoms with Gasteiger partial charge in [-0.15, -0.1) is 0 Å². The number of aromatic nitrogens is 3. The van der Waals surface area contributed by atoms with E-state index in [9.17, 15) is 12.8 Å². The third-order valence-electron chi connectivity index (χ3n) is 7.74. The molecule has 0 saturated carbocycles. The Kier molecular flexibility index (Phi) is 8.66. The molecule has 3 heterocycles. The number of piperazine rings is 1. The topological polar surface area (TPSA) is 83.4 Å². The molecule has 222 valence electrons. The van der Waals surface area contributed by atoms with E-state index in [1.165, 1.54) is 29.7 Å². The third kappa shape index (κ3) is 6.70. The first kappa shape index (κ1) is 29.2. The normalized spacial score (nSPS) is 14.3. The fraction of sp³-hybridized carbons (Fsp3) is 0.250. The van der Waals surface area contributed by atoms with Crippen molar-refractivity contribution in [1.82, 2.24) is 24.2 Å².